The van der Waals surface area contributed by atoms with Crippen LogP contribution in [0.3, 0.4) is 0 Å². The Morgan fingerprint density at radius 1 is 0.917 bits per heavy atom. The minimum atomic E-state index is 0.704. The van der Waals surface area contributed by atoms with Crippen LogP contribution in [0.25, 0.3) is 22.2 Å². The molecule has 0 fully saturated rings. The summed E-state index contributed by atoms with van der Waals surface area (Å²) in [6.07, 6.45) is 3.59. The third-order valence-electron chi connectivity index (χ3n) is 3.85. The highest BCUT2D eigenvalue weighted by Crippen LogP contribution is 2.24. The van der Waals surface area contributed by atoms with Crippen molar-refractivity contribution < 1.29 is 4.74 Å². The summed E-state index contributed by atoms with van der Waals surface area (Å²) in [7, 11) is 1.65. The van der Waals surface area contributed by atoms with E-state index < -0.39 is 0 Å². The van der Waals surface area contributed by atoms with Crippen LogP contribution in [0.2, 0.25) is 0 Å². The summed E-state index contributed by atoms with van der Waals surface area (Å²) < 4.78 is 5.23. The molecule has 0 aliphatic heterocycles. The molecule has 0 saturated heterocycles. The number of imidazole rings is 1. The van der Waals surface area contributed by atoms with Crippen LogP contribution in [0.1, 0.15) is 0 Å². The standard InChI is InChI=1S/C19H16N4O/c1-24-16-6-7-17-18(12-16)23-19(22-17)21-15-4-2-13(3-5-15)14-8-10-20-11-9-14/h2-12H,1H3,(H2,21,22,23). The average molecular weight is 316 g/mol. The first-order chi connectivity index (χ1) is 11.8. The summed E-state index contributed by atoms with van der Waals surface area (Å²) in [6, 6.07) is 18.0. The van der Waals surface area contributed by atoms with Crippen LogP contribution >= 0.6 is 0 Å². The van der Waals surface area contributed by atoms with E-state index in [2.05, 4.69) is 32.4 Å². The zero-order valence-electron chi connectivity index (χ0n) is 13.2. The van der Waals surface area contributed by atoms with Gasteiger partial charge in [0.15, 0.2) is 0 Å². The summed E-state index contributed by atoms with van der Waals surface area (Å²) in [5.74, 6) is 1.51. The van der Waals surface area contributed by atoms with Gasteiger partial charge in [0.2, 0.25) is 5.95 Å². The molecule has 0 spiro atoms. The molecule has 4 aromatic rings. The molecule has 5 nitrogen and oxygen atoms in total. The quantitative estimate of drug-likeness (QED) is 0.586. The van der Waals surface area contributed by atoms with Crippen LogP contribution in [0, 0.1) is 0 Å². The van der Waals surface area contributed by atoms with Crippen LogP contribution in [0.4, 0.5) is 11.6 Å². The van der Waals surface area contributed by atoms with Crippen LogP contribution < -0.4 is 10.1 Å². The maximum Gasteiger partial charge on any atom is 0.205 e. The van der Waals surface area contributed by atoms with Gasteiger partial charge in [-0.15, -0.1) is 0 Å². The minimum Gasteiger partial charge on any atom is -0.497 e. The Hall–Kier alpha value is -3.34. The van der Waals surface area contributed by atoms with E-state index in [0.717, 1.165) is 33.6 Å². The number of aromatic amines is 1. The lowest BCUT2D eigenvalue weighted by Gasteiger charge is -2.05. The predicted molar refractivity (Wildman–Crippen MR) is 95.6 cm³/mol. The van der Waals surface area contributed by atoms with Crippen molar-refractivity contribution in [2.24, 2.45) is 0 Å². The second kappa shape index (κ2) is 6.04. The zero-order chi connectivity index (χ0) is 16.4. The number of pyridine rings is 1. The molecule has 0 bridgehead atoms. The molecule has 0 aliphatic rings. The number of nitrogens with one attached hydrogen (secondary N) is 2. The van der Waals surface area contributed by atoms with Crippen molar-refractivity contribution >= 4 is 22.7 Å². The highest BCUT2D eigenvalue weighted by atomic mass is 16.5. The smallest absolute Gasteiger partial charge is 0.205 e. The van der Waals surface area contributed by atoms with Gasteiger partial charge in [-0.2, -0.15) is 0 Å². The lowest BCUT2D eigenvalue weighted by atomic mass is 10.1. The van der Waals surface area contributed by atoms with Gasteiger partial charge in [-0.05, 0) is 47.5 Å². The fraction of sp³-hybridized carbons (Fsp3) is 0.0526. The van der Waals surface area contributed by atoms with Crippen molar-refractivity contribution in [2.45, 2.75) is 0 Å². The number of hydrogen-bond acceptors (Lipinski definition) is 4. The van der Waals surface area contributed by atoms with Gasteiger partial charge in [-0.25, -0.2) is 4.98 Å². The van der Waals surface area contributed by atoms with Crippen molar-refractivity contribution in [1.82, 2.24) is 15.0 Å². The zero-order valence-corrected chi connectivity index (χ0v) is 13.2. The van der Waals surface area contributed by atoms with E-state index in [1.165, 1.54) is 0 Å². The van der Waals surface area contributed by atoms with Crippen LogP contribution in [0.15, 0.2) is 67.0 Å². The summed E-state index contributed by atoms with van der Waals surface area (Å²) in [5, 5.41) is 3.29. The molecule has 4 rings (SSSR count). The van der Waals surface area contributed by atoms with Crippen molar-refractivity contribution in [1.29, 1.82) is 0 Å². The van der Waals surface area contributed by atoms with Crippen LogP contribution in [0.5, 0.6) is 5.75 Å². The predicted octanol–water partition coefficient (Wildman–Crippen LogP) is 4.38. The number of ether oxygens (including phenoxy) is 1. The molecule has 0 radical (unpaired) electrons. The first-order valence-electron chi connectivity index (χ1n) is 7.63. The van der Waals surface area contributed by atoms with Gasteiger partial charge in [-0.3, -0.25) is 4.98 Å². The van der Waals surface area contributed by atoms with Crippen molar-refractivity contribution in [3.63, 3.8) is 0 Å². The SMILES string of the molecule is COc1ccc2nc(Nc3ccc(-c4ccncc4)cc3)[nH]c2c1. The molecule has 2 aromatic heterocycles. The van der Waals surface area contributed by atoms with Gasteiger partial charge in [0.25, 0.3) is 0 Å². The molecule has 2 N–H and O–H groups in total. The minimum absolute atomic E-state index is 0.704. The number of anilines is 2. The first-order valence-corrected chi connectivity index (χ1v) is 7.63. The summed E-state index contributed by atoms with van der Waals surface area (Å²) in [4.78, 5) is 11.8. The van der Waals surface area contributed by atoms with Gasteiger partial charge in [0.1, 0.15) is 5.75 Å². The number of hydrogen-bond donors (Lipinski definition) is 2. The maximum absolute atomic E-state index is 5.23. The normalized spacial score (nSPS) is 10.7. The topological polar surface area (TPSA) is 62.8 Å². The highest BCUT2D eigenvalue weighted by Gasteiger charge is 2.05. The van der Waals surface area contributed by atoms with Gasteiger partial charge < -0.3 is 15.0 Å². The monoisotopic (exact) mass is 316 g/mol. The molecule has 0 amide bonds. The van der Waals surface area contributed by atoms with E-state index in [-0.39, 0.29) is 0 Å². The molecule has 24 heavy (non-hydrogen) atoms. The van der Waals surface area contributed by atoms with Crippen molar-refractivity contribution in [3.8, 4) is 16.9 Å². The van der Waals surface area contributed by atoms with Crippen LogP contribution in [-0.4, -0.2) is 22.1 Å². The number of rotatable bonds is 4. The third kappa shape index (κ3) is 2.79. The highest BCUT2D eigenvalue weighted by molar-refractivity contribution is 5.80. The molecule has 0 saturated carbocycles. The van der Waals surface area contributed by atoms with Crippen LogP contribution in [-0.2, 0) is 0 Å². The molecule has 5 heteroatoms. The Bertz CT molecular complexity index is 962. The molecule has 2 aromatic carbocycles. The number of fused-ring (bicyclic) bond motifs is 1. The third-order valence-corrected chi connectivity index (χ3v) is 3.85. The molecule has 0 aliphatic carbocycles. The van der Waals surface area contributed by atoms with E-state index in [1.807, 2.05) is 42.5 Å². The van der Waals surface area contributed by atoms with Crippen molar-refractivity contribution in [3.05, 3.63) is 67.0 Å². The Morgan fingerprint density at radius 2 is 1.67 bits per heavy atom. The van der Waals surface area contributed by atoms with Gasteiger partial charge in [-0.1, -0.05) is 12.1 Å². The largest absolute Gasteiger partial charge is 0.497 e. The Morgan fingerprint density at radius 3 is 2.42 bits per heavy atom. The van der Waals surface area contributed by atoms with E-state index in [9.17, 15) is 0 Å². The second-order valence-electron chi connectivity index (χ2n) is 5.41. The summed E-state index contributed by atoms with van der Waals surface area (Å²) in [5.41, 5.74) is 5.10. The Kier molecular flexibility index (Phi) is 3.59. The lowest BCUT2D eigenvalue weighted by Crippen LogP contribution is -1.91. The Labute approximate surface area is 139 Å². The fourth-order valence-electron chi connectivity index (χ4n) is 2.60. The molecule has 0 atom stereocenters. The molecule has 0 unspecified atom stereocenters. The maximum atomic E-state index is 5.23. The number of nitrogens with zero attached hydrogens (tertiary/aromatic N) is 2. The van der Waals surface area contributed by atoms with Gasteiger partial charge in [0.05, 0.1) is 18.1 Å². The molecule has 2 heterocycles. The van der Waals surface area contributed by atoms with Gasteiger partial charge in [0, 0.05) is 24.1 Å². The summed E-state index contributed by atoms with van der Waals surface area (Å²) >= 11 is 0. The summed E-state index contributed by atoms with van der Waals surface area (Å²) in [6.45, 7) is 0. The second-order valence-corrected chi connectivity index (χ2v) is 5.41. The first kappa shape index (κ1) is 14.3. The van der Waals surface area contributed by atoms with Crippen molar-refractivity contribution in [2.75, 3.05) is 12.4 Å². The molecular formula is C19H16N4O. The van der Waals surface area contributed by atoms with E-state index in [4.69, 9.17) is 4.74 Å². The number of H-pyrrole nitrogens is 1. The van der Waals surface area contributed by atoms with E-state index >= 15 is 0 Å². The number of benzene rings is 2. The average Bonchev–Trinajstić information content (AvgIpc) is 3.04. The fourth-order valence-corrected chi connectivity index (χ4v) is 2.60. The lowest BCUT2D eigenvalue weighted by molar-refractivity contribution is 0.415. The molecular weight excluding hydrogens is 300 g/mol. The van der Waals surface area contributed by atoms with Gasteiger partial charge >= 0.3 is 0 Å². The van der Waals surface area contributed by atoms with E-state index in [0.29, 0.717) is 5.95 Å². The molecule has 118 valence electrons. The van der Waals surface area contributed by atoms with E-state index in [1.54, 1.807) is 19.5 Å². The Balaban J connectivity index is 1.57. The number of methoxy groups -OCH3 is 1. The number of aromatic nitrogens is 3.